The molecule has 10 heteroatoms. The smallest absolute Gasteiger partial charge is 0.354 e. The van der Waals surface area contributed by atoms with E-state index in [0.29, 0.717) is 13.0 Å². The highest BCUT2D eigenvalue weighted by molar-refractivity contribution is 7.69. The van der Waals surface area contributed by atoms with E-state index in [4.69, 9.17) is 9.79 Å². The van der Waals surface area contributed by atoms with Crippen LogP contribution in [0.5, 0.6) is 0 Å². The first kappa shape index (κ1) is 27.2. The van der Waals surface area contributed by atoms with E-state index in [0.717, 1.165) is 11.1 Å². The first-order valence-electron chi connectivity index (χ1n) is 11.1. The molecule has 2 rings (SSSR count). The number of carbonyl (C=O) groups excluding carboxylic acids is 3. The predicted molar refractivity (Wildman–Crippen MR) is 129 cm³/mol. The largest absolute Gasteiger partial charge is 0.413 e. The molecule has 0 saturated carbocycles. The van der Waals surface area contributed by atoms with Crippen molar-refractivity contribution >= 4 is 25.1 Å². The first-order valence-corrected chi connectivity index (χ1v) is 12.7. The maximum absolute atomic E-state index is 13.0. The van der Waals surface area contributed by atoms with Crippen LogP contribution in [0.15, 0.2) is 60.7 Å². The second kappa shape index (κ2) is 13.0. The second-order valence-electron chi connectivity index (χ2n) is 8.45. The molecule has 0 radical (unpaired) electrons. The van der Waals surface area contributed by atoms with Crippen LogP contribution in [0.25, 0.3) is 0 Å². The summed E-state index contributed by atoms with van der Waals surface area (Å²) >= 11 is 0. The quantitative estimate of drug-likeness (QED) is 0.290. The molecule has 9 nitrogen and oxygen atoms in total. The third kappa shape index (κ3) is 9.47. The van der Waals surface area contributed by atoms with Gasteiger partial charge in [0.25, 0.3) is 0 Å². The molecule has 0 heterocycles. The van der Waals surface area contributed by atoms with Crippen LogP contribution in [-0.4, -0.2) is 45.9 Å². The zero-order chi connectivity index (χ0) is 25.1. The minimum atomic E-state index is -5.06. The van der Waals surface area contributed by atoms with E-state index in [2.05, 4.69) is 16.0 Å². The molecule has 0 aromatic heterocycles. The molecule has 0 aliphatic heterocycles. The monoisotopic (exact) mass is 489 g/mol. The first-order chi connectivity index (χ1) is 16.1. The molecule has 0 spiro atoms. The van der Waals surface area contributed by atoms with E-state index in [1.165, 1.54) is 0 Å². The Kier molecular flexibility index (Phi) is 10.4. The van der Waals surface area contributed by atoms with Crippen molar-refractivity contribution in [2.75, 3.05) is 6.54 Å². The average Bonchev–Trinajstić information content (AvgIpc) is 2.78. The van der Waals surface area contributed by atoms with Gasteiger partial charge in [0.15, 0.2) is 0 Å². The van der Waals surface area contributed by atoms with Crippen molar-refractivity contribution in [2.45, 2.75) is 45.2 Å². The van der Waals surface area contributed by atoms with Gasteiger partial charge in [0.1, 0.15) is 12.1 Å². The van der Waals surface area contributed by atoms with Crippen LogP contribution in [0, 0.1) is 5.92 Å². The SMILES string of the molecule is CC(C)C[C@H](NC(=O)P(=O)(O)O)C(=O)N[C@@H](Cc1ccccc1)C(=O)NCCc1ccccc1. The Morgan fingerprint density at radius 2 is 1.38 bits per heavy atom. The summed E-state index contributed by atoms with van der Waals surface area (Å²) in [5.74, 6) is -1.13. The highest BCUT2D eigenvalue weighted by Gasteiger charge is 2.33. The molecule has 5 N–H and O–H groups in total. The molecule has 2 atom stereocenters. The minimum Gasteiger partial charge on any atom is -0.354 e. The summed E-state index contributed by atoms with van der Waals surface area (Å²) in [7, 11) is -5.06. The number of benzene rings is 2. The summed E-state index contributed by atoms with van der Waals surface area (Å²) in [6, 6.07) is 16.7. The van der Waals surface area contributed by atoms with Gasteiger partial charge in [-0.2, -0.15) is 0 Å². The van der Waals surface area contributed by atoms with Crippen LogP contribution >= 0.6 is 7.60 Å². The van der Waals surface area contributed by atoms with Gasteiger partial charge < -0.3 is 25.7 Å². The van der Waals surface area contributed by atoms with Gasteiger partial charge >= 0.3 is 13.2 Å². The summed E-state index contributed by atoms with van der Waals surface area (Å²) in [6.07, 6.45) is 0.975. The summed E-state index contributed by atoms with van der Waals surface area (Å²) in [6.45, 7) is 3.98. The van der Waals surface area contributed by atoms with E-state index in [1.54, 1.807) is 0 Å². The number of carbonyl (C=O) groups is 3. The predicted octanol–water partition coefficient (Wildman–Crippen LogP) is 2.37. The van der Waals surface area contributed by atoms with Gasteiger partial charge in [-0.15, -0.1) is 0 Å². The van der Waals surface area contributed by atoms with Crippen LogP contribution < -0.4 is 16.0 Å². The molecule has 0 saturated heterocycles. The van der Waals surface area contributed by atoms with Crippen LogP contribution in [0.4, 0.5) is 4.79 Å². The lowest BCUT2D eigenvalue weighted by Gasteiger charge is -2.24. The minimum absolute atomic E-state index is 0.0555. The topological polar surface area (TPSA) is 145 Å². The number of hydrogen-bond donors (Lipinski definition) is 5. The second-order valence-corrected chi connectivity index (χ2v) is 9.95. The van der Waals surface area contributed by atoms with Gasteiger partial charge in [0, 0.05) is 13.0 Å². The van der Waals surface area contributed by atoms with Gasteiger partial charge in [-0.05, 0) is 29.9 Å². The van der Waals surface area contributed by atoms with E-state index < -0.39 is 37.1 Å². The van der Waals surface area contributed by atoms with Crippen LogP contribution in [0.3, 0.4) is 0 Å². The Balaban J connectivity index is 2.12. The van der Waals surface area contributed by atoms with Crippen LogP contribution in [-0.2, 0) is 27.0 Å². The molecule has 0 aliphatic rings. The van der Waals surface area contributed by atoms with E-state index >= 15 is 0 Å². The Morgan fingerprint density at radius 3 is 1.91 bits per heavy atom. The number of rotatable bonds is 12. The number of nitrogens with one attached hydrogen (secondary N) is 3. The lowest BCUT2D eigenvalue weighted by molar-refractivity contribution is -0.130. The van der Waals surface area contributed by atoms with Gasteiger partial charge in [-0.3, -0.25) is 14.4 Å². The maximum atomic E-state index is 13.0. The van der Waals surface area contributed by atoms with Gasteiger partial charge in [-0.25, -0.2) is 4.57 Å². The molecular weight excluding hydrogens is 457 g/mol. The van der Waals surface area contributed by atoms with E-state index in [1.807, 2.05) is 74.5 Å². The zero-order valence-electron chi connectivity index (χ0n) is 19.3. The van der Waals surface area contributed by atoms with Crippen molar-refractivity contribution in [3.8, 4) is 0 Å². The van der Waals surface area contributed by atoms with Crippen molar-refractivity contribution in [2.24, 2.45) is 5.92 Å². The standard InChI is InChI=1S/C24H32N3O6P/c1-17(2)15-20(27-24(30)34(31,32)33)23(29)26-21(16-19-11-7-4-8-12-19)22(28)25-14-13-18-9-5-3-6-10-18/h3-12,17,20-21H,13-16H2,1-2H3,(H,25,28)(H,26,29)(H,27,30)(H2,31,32,33)/t20-,21-/m0/s1. The summed E-state index contributed by atoms with van der Waals surface area (Å²) < 4.78 is 11.3. The number of hydrogen-bond acceptors (Lipinski definition) is 4. The Labute approximate surface area is 199 Å². The third-order valence-corrected chi connectivity index (χ3v) is 5.72. The molecular formula is C24H32N3O6P. The lowest BCUT2D eigenvalue weighted by Crippen LogP contribution is -2.54. The Hall–Kier alpha value is -3.00. The molecule has 0 fully saturated rings. The van der Waals surface area contributed by atoms with E-state index in [-0.39, 0.29) is 18.8 Å². The molecule has 184 valence electrons. The highest BCUT2D eigenvalue weighted by atomic mass is 31.2. The van der Waals surface area contributed by atoms with Crippen molar-refractivity contribution in [3.63, 3.8) is 0 Å². The van der Waals surface area contributed by atoms with Gasteiger partial charge in [-0.1, -0.05) is 74.5 Å². The molecule has 2 aromatic rings. The van der Waals surface area contributed by atoms with E-state index in [9.17, 15) is 18.9 Å². The average molecular weight is 490 g/mol. The molecule has 3 amide bonds. The molecule has 2 aromatic carbocycles. The zero-order valence-corrected chi connectivity index (χ0v) is 20.2. The fourth-order valence-electron chi connectivity index (χ4n) is 3.37. The summed E-state index contributed by atoms with van der Waals surface area (Å²) in [4.78, 5) is 56.0. The van der Waals surface area contributed by atoms with Crippen LogP contribution in [0.1, 0.15) is 31.4 Å². The van der Waals surface area contributed by atoms with Crippen LogP contribution in [0.2, 0.25) is 0 Å². The Morgan fingerprint density at radius 1 is 0.824 bits per heavy atom. The molecule has 0 aliphatic carbocycles. The van der Waals surface area contributed by atoms with Gasteiger partial charge in [0.05, 0.1) is 0 Å². The third-order valence-electron chi connectivity index (χ3n) is 5.06. The molecule has 0 unspecified atom stereocenters. The fourth-order valence-corrected chi connectivity index (χ4v) is 3.69. The molecule has 34 heavy (non-hydrogen) atoms. The van der Waals surface area contributed by atoms with Crippen molar-refractivity contribution in [1.82, 2.24) is 16.0 Å². The molecule has 0 bridgehead atoms. The highest BCUT2D eigenvalue weighted by Crippen LogP contribution is 2.35. The number of amides is 3. The summed E-state index contributed by atoms with van der Waals surface area (Å²) in [5.41, 5.74) is 0.356. The van der Waals surface area contributed by atoms with Crippen molar-refractivity contribution in [1.29, 1.82) is 0 Å². The maximum Gasteiger partial charge on any atom is 0.413 e. The van der Waals surface area contributed by atoms with Crippen molar-refractivity contribution < 1.29 is 28.7 Å². The normalized spacial score (nSPS) is 13.1. The van der Waals surface area contributed by atoms with Gasteiger partial charge in [0.2, 0.25) is 11.8 Å². The lowest BCUT2D eigenvalue weighted by atomic mass is 10.0. The Bertz CT molecular complexity index is 994. The summed E-state index contributed by atoms with van der Waals surface area (Å²) in [5, 5.41) is 7.61. The fraction of sp³-hybridized carbons (Fsp3) is 0.375. The van der Waals surface area contributed by atoms with Crippen molar-refractivity contribution in [3.05, 3.63) is 71.8 Å².